The minimum atomic E-state index is -0.617. The summed E-state index contributed by atoms with van der Waals surface area (Å²) in [5.41, 5.74) is 1.65. The third kappa shape index (κ3) is 3.73. The van der Waals surface area contributed by atoms with Crippen molar-refractivity contribution in [3.05, 3.63) is 40.8 Å². The third-order valence-electron chi connectivity index (χ3n) is 3.73. The van der Waals surface area contributed by atoms with Crippen molar-refractivity contribution < 1.29 is 28.3 Å². The monoisotopic (exact) mass is 346 g/mol. The van der Waals surface area contributed by atoms with E-state index in [9.17, 15) is 9.59 Å². The highest BCUT2D eigenvalue weighted by Crippen LogP contribution is 2.32. The molecule has 0 fully saturated rings. The highest BCUT2D eigenvalue weighted by molar-refractivity contribution is 5.93. The summed E-state index contributed by atoms with van der Waals surface area (Å²) in [4.78, 5) is 24.0. The molecule has 0 bridgehead atoms. The van der Waals surface area contributed by atoms with Crippen LogP contribution < -0.4 is 14.8 Å². The molecule has 8 nitrogen and oxygen atoms in total. The first-order valence-electron chi connectivity index (χ1n) is 7.86. The van der Waals surface area contributed by atoms with E-state index in [0.29, 0.717) is 35.9 Å². The first-order valence-corrected chi connectivity index (χ1v) is 7.86. The normalized spacial score (nSPS) is 12.1. The molecule has 2 aromatic rings. The van der Waals surface area contributed by atoms with Gasteiger partial charge in [-0.3, -0.25) is 4.79 Å². The van der Waals surface area contributed by atoms with Crippen molar-refractivity contribution >= 4 is 11.9 Å². The summed E-state index contributed by atoms with van der Waals surface area (Å²) in [6, 6.07) is 5.40. The number of hydrogen-bond donors (Lipinski definition) is 1. The van der Waals surface area contributed by atoms with E-state index in [0.717, 1.165) is 5.56 Å². The van der Waals surface area contributed by atoms with Gasteiger partial charge in [-0.25, -0.2) is 4.79 Å². The fourth-order valence-electron chi connectivity index (χ4n) is 2.43. The van der Waals surface area contributed by atoms with Crippen molar-refractivity contribution in [1.82, 2.24) is 10.5 Å². The summed E-state index contributed by atoms with van der Waals surface area (Å²) in [7, 11) is 0. The number of ether oxygens (including phenoxy) is 3. The Morgan fingerprint density at radius 3 is 2.88 bits per heavy atom. The average molecular weight is 346 g/mol. The van der Waals surface area contributed by atoms with E-state index in [1.165, 1.54) is 0 Å². The van der Waals surface area contributed by atoms with Crippen molar-refractivity contribution in [2.75, 3.05) is 13.4 Å². The number of benzene rings is 1. The third-order valence-corrected chi connectivity index (χ3v) is 3.73. The lowest BCUT2D eigenvalue weighted by Crippen LogP contribution is -2.28. The Bertz CT molecular complexity index is 798. The van der Waals surface area contributed by atoms with Crippen LogP contribution in [0, 0.1) is 6.92 Å². The molecule has 0 atom stereocenters. The molecule has 0 aliphatic carbocycles. The number of rotatable bonds is 6. The van der Waals surface area contributed by atoms with Crippen LogP contribution in [-0.4, -0.2) is 30.4 Å². The van der Waals surface area contributed by atoms with Gasteiger partial charge in [0, 0.05) is 6.54 Å². The summed E-state index contributed by atoms with van der Waals surface area (Å²) in [6.45, 7) is 3.59. The molecule has 2 heterocycles. The van der Waals surface area contributed by atoms with Crippen LogP contribution in [0.4, 0.5) is 0 Å². The smallest absolute Gasteiger partial charge is 0.344 e. The number of aromatic nitrogens is 1. The molecule has 0 spiro atoms. The molecule has 1 aromatic heterocycles. The average Bonchev–Trinajstić information content (AvgIpc) is 3.23. The molecule has 0 radical (unpaired) electrons. The van der Waals surface area contributed by atoms with Gasteiger partial charge in [0.2, 0.25) is 6.79 Å². The summed E-state index contributed by atoms with van der Waals surface area (Å²) in [6.07, 6.45) is 0.540. The maximum Gasteiger partial charge on any atom is 0.344 e. The molecule has 25 heavy (non-hydrogen) atoms. The largest absolute Gasteiger partial charge is 0.454 e. The lowest BCUT2D eigenvalue weighted by Gasteiger charge is -2.07. The quantitative estimate of drug-likeness (QED) is 0.795. The molecule has 132 valence electrons. The van der Waals surface area contributed by atoms with Gasteiger partial charge in [-0.2, -0.15) is 0 Å². The van der Waals surface area contributed by atoms with Crippen LogP contribution in [0.1, 0.15) is 34.3 Å². The number of amides is 1. The first-order chi connectivity index (χ1) is 12.1. The molecule has 1 aliphatic rings. The Hall–Kier alpha value is -3.03. The zero-order valence-corrected chi connectivity index (χ0v) is 14.0. The fourth-order valence-corrected chi connectivity index (χ4v) is 2.43. The van der Waals surface area contributed by atoms with Crippen molar-refractivity contribution in [3.63, 3.8) is 0 Å². The van der Waals surface area contributed by atoms with E-state index in [1.54, 1.807) is 19.1 Å². The van der Waals surface area contributed by atoms with E-state index in [2.05, 4.69) is 10.5 Å². The molecule has 0 saturated carbocycles. The van der Waals surface area contributed by atoms with Gasteiger partial charge in [0.1, 0.15) is 11.3 Å². The van der Waals surface area contributed by atoms with Crippen LogP contribution in [0.15, 0.2) is 22.7 Å². The Kier molecular flexibility index (Phi) is 4.87. The van der Waals surface area contributed by atoms with Crippen molar-refractivity contribution in [2.45, 2.75) is 26.8 Å². The molecule has 8 heteroatoms. The molecule has 1 aromatic carbocycles. The number of nitrogens with zero attached hydrogens (tertiary/aromatic N) is 1. The SMILES string of the molecule is CCc1noc(C)c1C(=O)OCC(=O)NCc1ccc2c(c1)OCO2. The van der Waals surface area contributed by atoms with E-state index in [4.69, 9.17) is 18.7 Å². The van der Waals surface area contributed by atoms with Gasteiger partial charge in [-0.1, -0.05) is 18.1 Å². The van der Waals surface area contributed by atoms with Crippen LogP contribution in [0.3, 0.4) is 0 Å². The second kappa shape index (κ2) is 7.25. The van der Waals surface area contributed by atoms with Crippen LogP contribution in [-0.2, 0) is 22.5 Å². The van der Waals surface area contributed by atoms with Gasteiger partial charge >= 0.3 is 5.97 Å². The number of aryl methyl sites for hydroxylation is 2. The highest BCUT2D eigenvalue weighted by atomic mass is 16.7. The first kappa shape index (κ1) is 16.8. The summed E-state index contributed by atoms with van der Waals surface area (Å²) in [5.74, 6) is 0.683. The van der Waals surface area contributed by atoms with Gasteiger partial charge in [0.15, 0.2) is 18.1 Å². The van der Waals surface area contributed by atoms with Gasteiger partial charge in [-0.15, -0.1) is 0 Å². The van der Waals surface area contributed by atoms with E-state index >= 15 is 0 Å². The van der Waals surface area contributed by atoms with Crippen molar-refractivity contribution in [2.24, 2.45) is 0 Å². The number of carbonyl (C=O) groups excluding carboxylic acids is 2. The maximum absolute atomic E-state index is 12.1. The maximum atomic E-state index is 12.1. The standard InChI is InChI=1S/C17H18N2O6/c1-3-12-16(10(2)25-19-12)17(21)22-8-15(20)18-7-11-4-5-13-14(6-11)24-9-23-13/h4-6H,3,7-9H2,1-2H3,(H,18,20). The predicted molar refractivity (Wildman–Crippen MR) is 85.3 cm³/mol. The molecular formula is C17H18N2O6. The number of nitrogens with one attached hydrogen (secondary N) is 1. The number of fused-ring (bicyclic) bond motifs is 1. The zero-order chi connectivity index (χ0) is 17.8. The fraction of sp³-hybridized carbons (Fsp3) is 0.353. The topological polar surface area (TPSA) is 99.9 Å². The van der Waals surface area contributed by atoms with E-state index < -0.39 is 11.9 Å². The number of esters is 1. The van der Waals surface area contributed by atoms with Crippen molar-refractivity contribution in [3.8, 4) is 11.5 Å². The van der Waals surface area contributed by atoms with Crippen LogP contribution in [0.25, 0.3) is 0 Å². The molecule has 3 rings (SSSR count). The van der Waals surface area contributed by atoms with Gasteiger partial charge in [0.05, 0.1) is 5.69 Å². The van der Waals surface area contributed by atoms with Gasteiger partial charge < -0.3 is 24.1 Å². The Labute approximate surface area is 144 Å². The Balaban J connectivity index is 1.49. The van der Waals surface area contributed by atoms with Gasteiger partial charge in [0.25, 0.3) is 5.91 Å². The molecule has 0 unspecified atom stereocenters. The molecule has 1 N–H and O–H groups in total. The zero-order valence-electron chi connectivity index (χ0n) is 14.0. The second-order valence-corrected chi connectivity index (χ2v) is 5.45. The summed E-state index contributed by atoms with van der Waals surface area (Å²) >= 11 is 0. The lowest BCUT2D eigenvalue weighted by molar-refractivity contribution is -0.124. The number of carbonyl (C=O) groups is 2. The van der Waals surface area contributed by atoms with E-state index in [1.807, 2.05) is 13.0 Å². The molecular weight excluding hydrogens is 328 g/mol. The Morgan fingerprint density at radius 1 is 1.28 bits per heavy atom. The number of hydrogen-bond acceptors (Lipinski definition) is 7. The van der Waals surface area contributed by atoms with Crippen molar-refractivity contribution in [1.29, 1.82) is 0 Å². The van der Waals surface area contributed by atoms with Gasteiger partial charge in [-0.05, 0) is 31.0 Å². The molecule has 1 amide bonds. The predicted octanol–water partition coefficient (Wildman–Crippen LogP) is 1.75. The summed E-state index contributed by atoms with van der Waals surface area (Å²) in [5, 5.41) is 6.47. The van der Waals surface area contributed by atoms with Crippen LogP contribution in [0.2, 0.25) is 0 Å². The summed E-state index contributed by atoms with van der Waals surface area (Å²) < 4.78 is 20.5. The van der Waals surface area contributed by atoms with Crippen LogP contribution >= 0.6 is 0 Å². The minimum Gasteiger partial charge on any atom is -0.454 e. The Morgan fingerprint density at radius 2 is 2.08 bits per heavy atom. The molecule has 0 saturated heterocycles. The second-order valence-electron chi connectivity index (χ2n) is 5.45. The minimum absolute atomic E-state index is 0.198. The highest BCUT2D eigenvalue weighted by Gasteiger charge is 2.21. The van der Waals surface area contributed by atoms with Crippen LogP contribution in [0.5, 0.6) is 11.5 Å². The van der Waals surface area contributed by atoms with E-state index in [-0.39, 0.29) is 19.0 Å². The molecule has 1 aliphatic heterocycles. The lowest BCUT2D eigenvalue weighted by atomic mass is 10.1.